The predicted molar refractivity (Wildman–Crippen MR) is 102 cm³/mol. The molecule has 0 aliphatic carbocycles. The van der Waals surface area contributed by atoms with Gasteiger partial charge in [0.1, 0.15) is 17.1 Å². The lowest BCUT2D eigenvalue weighted by atomic mass is 10.1. The SMILES string of the molecule is C[C@@H](CO)NC(=O)c1cc(-c2ccc(C(F)(F)F)nc2)nn(-c2cccc(F)c2)c1=O. The molecular weight excluding hydrogens is 420 g/mol. The molecule has 0 unspecified atom stereocenters. The summed E-state index contributed by atoms with van der Waals surface area (Å²) in [4.78, 5) is 28.8. The Morgan fingerprint density at radius 3 is 2.55 bits per heavy atom. The summed E-state index contributed by atoms with van der Waals surface area (Å²) in [6.45, 7) is 1.12. The first kappa shape index (κ1) is 22.1. The number of amides is 1. The summed E-state index contributed by atoms with van der Waals surface area (Å²) < 4.78 is 52.8. The number of carbonyl (C=O) groups excluding carboxylic acids is 1. The molecule has 0 aliphatic rings. The number of hydrogen-bond acceptors (Lipinski definition) is 5. The van der Waals surface area contributed by atoms with Gasteiger partial charge in [0, 0.05) is 17.8 Å². The van der Waals surface area contributed by atoms with Gasteiger partial charge in [-0.15, -0.1) is 0 Å². The van der Waals surface area contributed by atoms with Crippen LogP contribution < -0.4 is 10.9 Å². The number of carbonyl (C=O) groups is 1. The Morgan fingerprint density at radius 2 is 1.97 bits per heavy atom. The Morgan fingerprint density at radius 1 is 1.23 bits per heavy atom. The number of alkyl halides is 3. The van der Waals surface area contributed by atoms with Gasteiger partial charge < -0.3 is 10.4 Å². The first-order valence-corrected chi connectivity index (χ1v) is 8.96. The van der Waals surface area contributed by atoms with E-state index >= 15 is 0 Å². The Labute approximate surface area is 173 Å². The molecule has 31 heavy (non-hydrogen) atoms. The molecule has 11 heteroatoms. The molecule has 1 aromatic carbocycles. The summed E-state index contributed by atoms with van der Waals surface area (Å²) >= 11 is 0. The zero-order valence-electron chi connectivity index (χ0n) is 16.0. The van der Waals surface area contributed by atoms with Crippen molar-refractivity contribution in [1.29, 1.82) is 0 Å². The lowest BCUT2D eigenvalue weighted by Crippen LogP contribution is -2.39. The molecule has 1 atom stereocenters. The molecule has 162 valence electrons. The maximum absolute atomic E-state index is 13.7. The third-order valence-electron chi connectivity index (χ3n) is 4.21. The van der Waals surface area contributed by atoms with Crippen molar-refractivity contribution in [3.63, 3.8) is 0 Å². The van der Waals surface area contributed by atoms with Crippen LogP contribution in [0.1, 0.15) is 23.0 Å². The molecule has 7 nitrogen and oxygen atoms in total. The van der Waals surface area contributed by atoms with Crippen LogP contribution in [0.2, 0.25) is 0 Å². The van der Waals surface area contributed by atoms with E-state index in [0.717, 1.165) is 41.2 Å². The van der Waals surface area contributed by atoms with Gasteiger partial charge in [0.2, 0.25) is 0 Å². The van der Waals surface area contributed by atoms with Crippen LogP contribution in [0.4, 0.5) is 17.6 Å². The minimum absolute atomic E-state index is 0.0102. The Kier molecular flexibility index (Phi) is 6.16. The summed E-state index contributed by atoms with van der Waals surface area (Å²) in [5, 5.41) is 15.6. The van der Waals surface area contributed by atoms with Crippen molar-refractivity contribution < 1.29 is 27.5 Å². The predicted octanol–water partition coefficient (Wildman–Crippen LogP) is 2.56. The van der Waals surface area contributed by atoms with E-state index in [9.17, 15) is 27.2 Å². The second kappa shape index (κ2) is 8.64. The van der Waals surface area contributed by atoms with E-state index in [-0.39, 0.29) is 23.6 Å². The average Bonchev–Trinajstić information content (AvgIpc) is 2.73. The van der Waals surface area contributed by atoms with E-state index in [2.05, 4.69) is 15.4 Å². The fourth-order valence-electron chi connectivity index (χ4n) is 2.64. The average molecular weight is 436 g/mol. The van der Waals surface area contributed by atoms with Gasteiger partial charge in [0.15, 0.2) is 0 Å². The van der Waals surface area contributed by atoms with E-state index < -0.39 is 40.8 Å². The number of pyridine rings is 1. The lowest BCUT2D eigenvalue weighted by Gasteiger charge is -2.14. The van der Waals surface area contributed by atoms with Gasteiger partial charge in [-0.25, -0.2) is 4.39 Å². The maximum atomic E-state index is 13.7. The largest absolute Gasteiger partial charge is 0.433 e. The van der Waals surface area contributed by atoms with Gasteiger partial charge in [-0.05, 0) is 43.3 Å². The number of halogens is 4. The van der Waals surface area contributed by atoms with E-state index in [0.29, 0.717) is 0 Å². The molecule has 2 aromatic heterocycles. The van der Waals surface area contributed by atoms with Crippen LogP contribution in [0.3, 0.4) is 0 Å². The van der Waals surface area contributed by atoms with Crippen LogP contribution in [0.25, 0.3) is 16.9 Å². The van der Waals surface area contributed by atoms with Crippen LogP contribution >= 0.6 is 0 Å². The highest BCUT2D eigenvalue weighted by Gasteiger charge is 2.32. The third-order valence-corrected chi connectivity index (χ3v) is 4.21. The minimum atomic E-state index is -4.64. The number of hydrogen-bond donors (Lipinski definition) is 2. The molecule has 0 fully saturated rings. The summed E-state index contributed by atoms with van der Waals surface area (Å²) in [6, 6.07) is 7.14. The molecule has 3 rings (SSSR count). The minimum Gasteiger partial charge on any atom is -0.394 e. The molecule has 0 saturated carbocycles. The highest BCUT2D eigenvalue weighted by atomic mass is 19.4. The monoisotopic (exact) mass is 436 g/mol. The number of aliphatic hydroxyl groups is 1. The molecule has 1 amide bonds. The summed E-state index contributed by atoms with van der Waals surface area (Å²) in [7, 11) is 0. The van der Waals surface area contributed by atoms with Gasteiger partial charge in [-0.1, -0.05) is 6.07 Å². The Hall–Kier alpha value is -3.60. The Balaban J connectivity index is 2.17. The maximum Gasteiger partial charge on any atom is 0.433 e. The van der Waals surface area contributed by atoms with Crippen LogP contribution in [0.5, 0.6) is 0 Å². The molecule has 2 heterocycles. The fraction of sp³-hybridized carbons (Fsp3) is 0.200. The Bertz CT molecular complexity index is 1160. The highest BCUT2D eigenvalue weighted by Crippen LogP contribution is 2.28. The summed E-state index contributed by atoms with van der Waals surface area (Å²) in [5.74, 6) is -1.49. The first-order chi connectivity index (χ1) is 14.6. The van der Waals surface area contributed by atoms with E-state index in [4.69, 9.17) is 5.11 Å². The van der Waals surface area contributed by atoms with Crippen molar-refractivity contribution in [2.75, 3.05) is 6.61 Å². The van der Waals surface area contributed by atoms with Crippen molar-refractivity contribution in [3.8, 4) is 16.9 Å². The van der Waals surface area contributed by atoms with E-state index in [1.165, 1.54) is 19.1 Å². The molecule has 0 aliphatic heterocycles. The highest BCUT2D eigenvalue weighted by molar-refractivity contribution is 5.95. The number of benzene rings is 1. The van der Waals surface area contributed by atoms with Gasteiger partial charge in [0.25, 0.3) is 11.5 Å². The molecule has 2 N–H and O–H groups in total. The zero-order valence-corrected chi connectivity index (χ0v) is 16.0. The number of aromatic nitrogens is 3. The quantitative estimate of drug-likeness (QED) is 0.600. The topological polar surface area (TPSA) is 97.1 Å². The van der Waals surface area contributed by atoms with Crippen LogP contribution in [-0.2, 0) is 6.18 Å². The molecule has 0 radical (unpaired) electrons. The summed E-state index contributed by atoms with van der Waals surface area (Å²) in [5.41, 5.74) is -2.32. The smallest absolute Gasteiger partial charge is 0.394 e. The van der Waals surface area contributed by atoms with Crippen molar-refractivity contribution in [3.05, 3.63) is 76.1 Å². The second-order valence-electron chi connectivity index (χ2n) is 6.63. The standard InChI is InChI=1S/C20H16F4N4O3/c1-11(10-29)26-18(30)15-8-16(12-5-6-17(25-9-12)20(22,23)24)27-28(19(15)31)14-4-2-3-13(21)7-14/h2-9,11,29H,10H2,1H3,(H,26,30)/t11-/m0/s1. The van der Waals surface area contributed by atoms with Gasteiger partial charge in [0.05, 0.1) is 18.0 Å². The normalized spacial score (nSPS) is 12.5. The fourth-order valence-corrected chi connectivity index (χ4v) is 2.64. The van der Waals surface area contributed by atoms with E-state index in [1.54, 1.807) is 0 Å². The number of rotatable bonds is 5. The molecule has 3 aromatic rings. The van der Waals surface area contributed by atoms with Crippen molar-refractivity contribution in [1.82, 2.24) is 20.1 Å². The number of aliphatic hydroxyl groups excluding tert-OH is 1. The molecule has 0 saturated heterocycles. The van der Waals surface area contributed by atoms with Gasteiger partial charge in [-0.2, -0.15) is 23.0 Å². The van der Waals surface area contributed by atoms with Crippen LogP contribution in [-0.4, -0.2) is 38.4 Å². The van der Waals surface area contributed by atoms with Crippen molar-refractivity contribution in [2.45, 2.75) is 19.1 Å². The second-order valence-corrected chi connectivity index (χ2v) is 6.63. The van der Waals surface area contributed by atoms with Gasteiger partial charge >= 0.3 is 6.18 Å². The third kappa shape index (κ3) is 4.94. The van der Waals surface area contributed by atoms with E-state index in [1.807, 2.05) is 0 Å². The van der Waals surface area contributed by atoms with Crippen molar-refractivity contribution in [2.24, 2.45) is 0 Å². The lowest BCUT2D eigenvalue weighted by molar-refractivity contribution is -0.141. The van der Waals surface area contributed by atoms with Gasteiger partial charge in [-0.3, -0.25) is 14.6 Å². The number of nitrogens with one attached hydrogen (secondary N) is 1. The zero-order chi connectivity index (χ0) is 22.8. The molecule has 0 spiro atoms. The first-order valence-electron chi connectivity index (χ1n) is 8.96. The molecule has 0 bridgehead atoms. The summed E-state index contributed by atoms with van der Waals surface area (Å²) in [6.07, 6.45) is -3.73. The van der Waals surface area contributed by atoms with Crippen molar-refractivity contribution >= 4 is 5.91 Å². The van der Waals surface area contributed by atoms with Crippen LogP contribution in [0.15, 0.2) is 53.5 Å². The number of nitrogens with zero attached hydrogens (tertiary/aromatic N) is 3. The molecular formula is C20H16F4N4O3. The van der Waals surface area contributed by atoms with Crippen LogP contribution in [0, 0.1) is 5.82 Å².